The predicted octanol–water partition coefficient (Wildman–Crippen LogP) is 3.42. The van der Waals surface area contributed by atoms with Crippen LogP contribution >= 0.6 is 0 Å². The SMILES string of the molecule is CN1C(=O)C(=Cc2cc3c([te]2)N(c2ccccc2)c2ccccc2C3(C)C)C(=O)N(C)C1=[Te]. The van der Waals surface area contributed by atoms with Gasteiger partial charge < -0.3 is 0 Å². The van der Waals surface area contributed by atoms with Crippen molar-refractivity contribution in [3.63, 3.8) is 0 Å². The molecule has 0 unspecified atom stereocenters. The van der Waals surface area contributed by atoms with Gasteiger partial charge in [-0.1, -0.05) is 0 Å². The van der Waals surface area contributed by atoms with Gasteiger partial charge in [0.1, 0.15) is 0 Å². The monoisotopic (exact) mass is 669 g/mol. The van der Waals surface area contributed by atoms with Crippen LogP contribution in [0.3, 0.4) is 0 Å². The first kappa shape index (κ1) is 22.6. The first-order chi connectivity index (χ1) is 15.7. The van der Waals surface area contributed by atoms with Crippen molar-refractivity contribution in [3.05, 3.63) is 80.9 Å². The first-order valence-electron chi connectivity index (χ1n) is 10.6. The first-order valence-corrected chi connectivity index (χ1v) is 14.1. The number of amides is 2. The van der Waals surface area contributed by atoms with Crippen LogP contribution in [0.5, 0.6) is 0 Å². The minimum absolute atomic E-state index is 0.166. The molecule has 0 spiro atoms. The number of nitrogens with zero attached hydrogens (tertiary/aromatic N) is 3. The molecule has 2 aromatic carbocycles. The third-order valence-electron chi connectivity index (χ3n) is 6.37. The minimum atomic E-state index is -0.829. The van der Waals surface area contributed by atoms with E-state index in [0.29, 0.717) is 3.80 Å². The fourth-order valence-corrected chi connectivity index (χ4v) is 8.66. The Labute approximate surface area is 216 Å². The van der Waals surface area contributed by atoms with Crippen molar-refractivity contribution in [3.8, 4) is 0 Å². The molecule has 1 fully saturated rings. The van der Waals surface area contributed by atoms with E-state index in [0.717, 1.165) is 9.27 Å². The second-order valence-electron chi connectivity index (χ2n) is 8.75. The zero-order chi connectivity index (χ0) is 23.5. The summed E-state index contributed by atoms with van der Waals surface area (Å²) in [6, 6.07) is 21.2. The molecule has 2 amide bonds. The fraction of sp³-hybridized carbons (Fsp3) is 0.192. The molecule has 7 heteroatoms. The third-order valence-corrected chi connectivity index (χ3v) is 11.0. The number of rotatable bonds is 2. The molecule has 5 nitrogen and oxygen atoms in total. The molecule has 33 heavy (non-hydrogen) atoms. The van der Waals surface area contributed by atoms with Gasteiger partial charge in [-0.2, -0.15) is 0 Å². The molecular weight excluding hydrogens is 642 g/mol. The second kappa shape index (κ2) is 8.26. The molecule has 3 heterocycles. The summed E-state index contributed by atoms with van der Waals surface area (Å²) in [6.45, 7) is 4.53. The van der Waals surface area contributed by atoms with Crippen molar-refractivity contribution in [2.45, 2.75) is 19.3 Å². The summed E-state index contributed by atoms with van der Waals surface area (Å²) in [5.74, 6) is -0.474. The number of carbonyl (C=O) groups excluding carboxylic acids is 2. The number of fused-ring (bicyclic) bond motifs is 2. The van der Waals surface area contributed by atoms with E-state index in [1.807, 2.05) is 12.1 Å². The van der Waals surface area contributed by atoms with Crippen LogP contribution in [0.4, 0.5) is 15.1 Å². The van der Waals surface area contributed by atoms with E-state index in [2.05, 4.69) is 73.3 Å². The number of benzene rings is 2. The zero-order valence-corrected chi connectivity index (χ0v) is 23.5. The van der Waals surface area contributed by atoms with Gasteiger partial charge in [0.05, 0.1) is 0 Å². The maximum absolute atomic E-state index is 12.9. The standard InChI is InChI=1S/C26H23N3O2Te2/c1-26(2)19-12-8-9-13-21(19)29(16-10-6-5-7-11-16)24-20(26)15-17(33-24)14-18-22(30)27(3)25(32)28(4)23(18)31/h5-15H,1-4H3. The van der Waals surface area contributed by atoms with Crippen molar-refractivity contribution < 1.29 is 9.59 Å². The molecule has 0 radical (unpaired) electrons. The van der Waals surface area contributed by atoms with Crippen LogP contribution in [0.1, 0.15) is 28.6 Å². The van der Waals surface area contributed by atoms with Gasteiger partial charge in [0.25, 0.3) is 0 Å². The van der Waals surface area contributed by atoms with Crippen molar-refractivity contribution >= 4 is 79.0 Å². The molecule has 0 N–H and O–H groups in total. The van der Waals surface area contributed by atoms with Crippen molar-refractivity contribution in [2.75, 3.05) is 19.0 Å². The van der Waals surface area contributed by atoms with Gasteiger partial charge in [-0.05, 0) is 0 Å². The molecule has 2 aliphatic rings. The summed E-state index contributed by atoms with van der Waals surface area (Å²) in [7, 11) is 3.44. The Morgan fingerprint density at radius 1 is 0.879 bits per heavy atom. The second-order valence-corrected chi connectivity index (χ2v) is 12.8. The number of para-hydroxylation sites is 2. The average Bonchev–Trinajstić information content (AvgIpc) is 3.25. The molecule has 1 saturated heterocycles. The number of anilines is 3. The van der Waals surface area contributed by atoms with Crippen LogP contribution < -0.4 is 4.90 Å². The third kappa shape index (κ3) is 3.54. The maximum atomic E-state index is 12.9. The van der Waals surface area contributed by atoms with Gasteiger partial charge in [-0.15, -0.1) is 0 Å². The molecule has 0 bridgehead atoms. The van der Waals surface area contributed by atoms with Crippen LogP contribution in [-0.2, 0) is 15.0 Å². The predicted molar refractivity (Wildman–Crippen MR) is 134 cm³/mol. The molecule has 1 aromatic heterocycles. The Morgan fingerprint density at radius 3 is 2.15 bits per heavy atom. The van der Waals surface area contributed by atoms with Gasteiger partial charge in [0.2, 0.25) is 0 Å². The molecule has 2 aliphatic heterocycles. The molecule has 0 aliphatic carbocycles. The van der Waals surface area contributed by atoms with E-state index in [9.17, 15) is 9.59 Å². The number of hydrogen-bond acceptors (Lipinski definition) is 3. The molecule has 5 rings (SSSR count). The number of carbonyl (C=O) groups is 2. The van der Waals surface area contributed by atoms with E-state index >= 15 is 0 Å². The van der Waals surface area contributed by atoms with Crippen LogP contribution in [-0.4, -0.2) is 81.8 Å². The summed E-state index contributed by atoms with van der Waals surface area (Å²) in [6.07, 6.45) is 1.84. The topological polar surface area (TPSA) is 43.9 Å². The summed E-state index contributed by atoms with van der Waals surface area (Å²) in [5, 5.41) is 0. The van der Waals surface area contributed by atoms with Gasteiger partial charge in [-0.25, -0.2) is 0 Å². The number of hydrogen-bond donors (Lipinski definition) is 0. The Bertz CT molecular complexity index is 1310. The van der Waals surface area contributed by atoms with E-state index in [1.54, 1.807) is 45.7 Å². The van der Waals surface area contributed by atoms with E-state index in [1.165, 1.54) is 20.5 Å². The molecule has 0 saturated carbocycles. The number of likely N-dealkylation sites (N-methyl/N-ethyl adjacent to an activating group) is 2. The summed E-state index contributed by atoms with van der Waals surface area (Å²) < 4.78 is 3.08. The molecule has 3 aromatic rings. The summed E-state index contributed by atoms with van der Waals surface area (Å²) in [4.78, 5) is 31.4. The summed E-state index contributed by atoms with van der Waals surface area (Å²) in [5.41, 5.74) is 4.97. The molecule has 0 atom stereocenters. The Kier molecular flexibility index (Phi) is 5.66. The normalized spacial score (nSPS) is 17.3. The van der Waals surface area contributed by atoms with Gasteiger partial charge in [0.15, 0.2) is 0 Å². The molecular formula is C26H23N3O2Te2. The fourth-order valence-electron chi connectivity index (χ4n) is 4.49. The average molecular weight is 665 g/mol. The van der Waals surface area contributed by atoms with Crippen molar-refractivity contribution in [1.29, 1.82) is 0 Å². The van der Waals surface area contributed by atoms with E-state index in [-0.39, 0.29) is 22.8 Å². The van der Waals surface area contributed by atoms with E-state index in [4.69, 9.17) is 0 Å². The van der Waals surface area contributed by atoms with Crippen molar-refractivity contribution in [1.82, 2.24) is 9.80 Å². The van der Waals surface area contributed by atoms with Crippen LogP contribution in [0.25, 0.3) is 6.08 Å². The van der Waals surface area contributed by atoms with Crippen LogP contribution in [0.15, 0.2) is 66.2 Å². The van der Waals surface area contributed by atoms with Crippen LogP contribution in [0.2, 0.25) is 0 Å². The van der Waals surface area contributed by atoms with E-state index < -0.39 is 20.4 Å². The quantitative estimate of drug-likeness (QED) is 0.240. The molecule has 166 valence electrons. The Balaban J connectivity index is 1.69. The Hall–Kier alpha value is -2.15. The van der Waals surface area contributed by atoms with Gasteiger partial charge >= 0.3 is 218 Å². The van der Waals surface area contributed by atoms with Gasteiger partial charge in [0, 0.05) is 0 Å². The zero-order valence-electron chi connectivity index (χ0n) is 18.8. The summed E-state index contributed by atoms with van der Waals surface area (Å²) >= 11 is 0.874. The van der Waals surface area contributed by atoms with Crippen molar-refractivity contribution in [2.24, 2.45) is 0 Å². The van der Waals surface area contributed by atoms with Gasteiger partial charge in [-0.3, -0.25) is 0 Å². The van der Waals surface area contributed by atoms with Crippen LogP contribution in [0, 0.1) is 0 Å². The Morgan fingerprint density at radius 2 is 1.48 bits per heavy atom.